The van der Waals surface area contributed by atoms with Gasteiger partial charge in [0.05, 0.1) is 25.4 Å². The van der Waals surface area contributed by atoms with E-state index >= 15 is 0 Å². The van der Waals surface area contributed by atoms with Gasteiger partial charge in [0.25, 0.3) is 0 Å². The summed E-state index contributed by atoms with van der Waals surface area (Å²) < 4.78 is 9.73. The summed E-state index contributed by atoms with van der Waals surface area (Å²) >= 11 is 0. The summed E-state index contributed by atoms with van der Waals surface area (Å²) in [4.78, 5) is 24.1. The van der Waals surface area contributed by atoms with Crippen LogP contribution >= 0.6 is 0 Å². The second-order valence-electron chi connectivity index (χ2n) is 5.87. The molecule has 0 spiro atoms. The number of carbonyl (C=O) groups excluding carboxylic acids is 2. The van der Waals surface area contributed by atoms with Gasteiger partial charge in [0.1, 0.15) is 0 Å². The molecule has 0 aromatic carbocycles. The Labute approximate surface area is 133 Å². The van der Waals surface area contributed by atoms with Crippen LogP contribution in [0.4, 0.5) is 0 Å². The minimum Gasteiger partial charge on any atom is -0.466 e. The van der Waals surface area contributed by atoms with Gasteiger partial charge in [-0.1, -0.05) is 50.7 Å². The maximum Gasteiger partial charge on any atom is 0.334 e. The third-order valence-electron chi connectivity index (χ3n) is 4.09. The first-order valence-electron chi connectivity index (χ1n) is 8.12. The van der Waals surface area contributed by atoms with Gasteiger partial charge >= 0.3 is 11.9 Å². The molecule has 4 heteroatoms. The van der Waals surface area contributed by atoms with Gasteiger partial charge in [0.2, 0.25) is 0 Å². The first-order valence-corrected chi connectivity index (χ1v) is 8.12. The molecular weight excluding hydrogens is 280 g/mol. The number of esters is 2. The summed E-state index contributed by atoms with van der Waals surface area (Å²) in [6.07, 6.45) is 9.29. The lowest BCUT2D eigenvalue weighted by atomic mass is 9.81. The Hall–Kier alpha value is -1.58. The van der Waals surface area contributed by atoms with Crippen LogP contribution in [0.25, 0.3) is 0 Å². The minimum atomic E-state index is -0.427. The third-order valence-corrected chi connectivity index (χ3v) is 4.09. The summed E-state index contributed by atoms with van der Waals surface area (Å²) in [5.74, 6) is -0.886. The van der Waals surface area contributed by atoms with Crippen molar-refractivity contribution in [3.63, 3.8) is 0 Å². The molecule has 0 N–H and O–H groups in total. The highest BCUT2D eigenvalue weighted by molar-refractivity contribution is 6.01. The molecule has 0 aromatic rings. The maximum atomic E-state index is 12.1. The van der Waals surface area contributed by atoms with E-state index in [-0.39, 0.29) is 5.92 Å². The van der Waals surface area contributed by atoms with Crippen molar-refractivity contribution < 1.29 is 19.1 Å². The zero-order chi connectivity index (χ0) is 16.5. The first kappa shape index (κ1) is 18.5. The van der Waals surface area contributed by atoms with Gasteiger partial charge in [0.15, 0.2) is 0 Å². The molecule has 0 fully saturated rings. The van der Waals surface area contributed by atoms with Gasteiger partial charge in [-0.2, -0.15) is 0 Å². The van der Waals surface area contributed by atoms with E-state index in [0.717, 1.165) is 24.8 Å². The van der Waals surface area contributed by atoms with Gasteiger partial charge in [-0.15, -0.1) is 0 Å². The number of hydrogen-bond donors (Lipinski definition) is 0. The Balaban J connectivity index is 2.89. The lowest BCUT2D eigenvalue weighted by molar-refractivity contribution is -0.139. The highest BCUT2D eigenvalue weighted by Crippen LogP contribution is 2.33. The van der Waals surface area contributed by atoms with Crippen LogP contribution in [0.15, 0.2) is 22.8 Å². The second-order valence-corrected chi connectivity index (χ2v) is 5.87. The number of ether oxygens (including phenoxy) is 2. The molecule has 0 aliphatic heterocycles. The molecule has 0 aromatic heterocycles. The van der Waals surface area contributed by atoms with Crippen molar-refractivity contribution >= 4 is 11.9 Å². The Kier molecular flexibility index (Phi) is 7.92. The van der Waals surface area contributed by atoms with Crippen molar-refractivity contribution in [3.05, 3.63) is 22.8 Å². The molecule has 1 rings (SSSR count). The number of methoxy groups -OCH3 is 2. The van der Waals surface area contributed by atoms with Crippen molar-refractivity contribution in [1.29, 1.82) is 0 Å². The monoisotopic (exact) mass is 308 g/mol. The number of allylic oxidation sites excluding steroid dienone is 2. The average Bonchev–Trinajstić information content (AvgIpc) is 2.52. The van der Waals surface area contributed by atoms with Gasteiger partial charge < -0.3 is 9.47 Å². The van der Waals surface area contributed by atoms with Crippen molar-refractivity contribution in [2.75, 3.05) is 14.2 Å². The van der Waals surface area contributed by atoms with Gasteiger partial charge in [-0.3, -0.25) is 0 Å². The Morgan fingerprint density at radius 1 is 1.09 bits per heavy atom. The van der Waals surface area contributed by atoms with Gasteiger partial charge in [-0.05, 0) is 13.3 Å². The largest absolute Gasteiger partial charge is 0.466 e. The number of unbranched alkanes of at least 4 members (excludes halogenated alkanes) is 4. The zero-order valence-corrected chi connectivity index (χ0v) is 14.2. The summed E-state index contributed by atoms with van der Waals surface area (Å²) in [5.41, 5.74) is 2.04. The highest BCUT2D eigenvalue weighted by Gasteiger charge is 2.31. The van der Waals surface area contributed by atoms with Crippen LogP contribution in [0.3, 0.4) is 0 Å². The summed E-state index contributed by atoms with van der Waals surface area (Å²) in [7, 11) is 2.70. The third kappa shape index (κ3) is 5.00. The molecule has 0 bridgehead atoms. The van der Waals surface area contributed by atoms with Crippen LogP contribution in [0, 0.1) is 5.92 Å². The van der Waals surface area contributed by atoms with Crippen LogP contribution in [-0.4, -0.2) is 26.2 Å². The van der Waals surface area contributed by atoms with E-state index in [2.05, 4.69) is 13.0 Å². The molecule has 0 heterocycles. The predicted molar refractivity (Wildman–Crippen MR) is 86.3 cm³/mol. The maximum absolute atomic E-state index is 12.1. The highest BCUT2D eigenvalue weighted by atomic mass is 16.5. The van der Waals surface area contributed by atoms with E-state index in [1.807, 2.05) is 6.92 Å². The van der Waals surface area contributed by atoms with Gasteiger partial charge in [-0.25, -0.2) is 9.59 Å². The zero-order valence-electron chi connectivity index (χ0n) is 14.2. The normalized spacial score (nSPS) is 18.0. The molecule has 124 valence electrons. The SMILES string of the molecule is CCCCCCCC1C=C(C)CC(C(=O)OC)=C1C(=O)OC. The van der Waals surface area contributed by atoms with Crippen molar-refractivity contribution in [3.8, 4) is 0 Å². The number of carbonyl (C=O) groups is 2. The topological polar surface area (TPSA) is 52.6 Å². The van der Waals surface area contributed by atoms with Crippen LogP contribution in [0.1, 0.15) is 58.8 Å². The van der Waals surface area contributed by atoms with Crippen LogP contribution in [0.2, 0.25) is 0 Å². The lowest BCUT2D eigenvalue weighted by Gasteiger charge is -2.24. The number of rotatable bonds is 8. The van der Waals surface area contributed by atoms with E-state index in [1.165, 1.54) is 33.5 Å². The van der Waals surface area contributed by atoms with Crippen molar-refractivity contribution in [2.24, 2.45) is 5.92 Å². The molecule has 0 radical (unpaired) electrons. The van der Waals surface area contributed by atoms with E-state index < -0.39 is 11.9 Å². The van der Waals surface area contributed by atoms with Gasteiger partial charge in [0, 0.05) is 12.3 Å². The second kappa shape index (κ2) is 9.44. The Morgan fingerprint density at radius 2 is 1.73 bits per heavy atom. The standard InChI is InChI=1S/C18H28O4/c1-5-6-7-8-9-10-14-11-13(2)12-15(17(19)21-3)16(14)18(20)22-4/h11,14H,5-10,12H2,1-4H3. The van der Waals surface area contributed by atoms with E-state index in [1.54, 1.807) is 0 Å². The van der Waals surface area contributed by atoms with Crippen LogP contribution < -0.4 is 0 Å². The quantitative estimate of drug-likeness (QED) is 0.387. The van der Waals surface area contributed by atoms with E-state index in [9.17, 15) is 9.59 Å². The molecule has 4 nitrogen and oxygen atoms in total. The van der Waals surface area contributed by atoms with Crippen molar-refractivity contribution in [1.82, 2.24) is 0 Å². The molecule has 0 amide bonds. The predicted octanol–water partition coefficient (Wildman–Crippen LogP) is 3.96. The average molecular weight is 308 g/mol. The Bertz CT molecular complexity index is 460. The van der Waals surface area contributed by atoms with Crippen LogP contribution in [-0.2, 0) is 19.1 Å². The Morgan fingerprint density at radius 3 is 2.32 bits per heavy atom. The van der Waals surface area contributed by atoms with E-state index in [0.29, 0.717) is 17.6 Å². The summed E-state index contributed by atoms with van der Waals surface area (Å²) in [6, 6.07) is 0. The lowest BCUT2D eigenvalue weighted by Crippen LogP contribution is -2.23. The van der Waals surface area contributed by atoms with E-state index in [4.69, 9.17) is 9.47 Å². The minimum absolute atomic E-state index is 0.0445. The molecule has 22 heavy (non-hydrogen) atoms. The molecule has 0 saturated carbocycles. The summed E-state index contributed by atoms with van der Waals surface area (Å²) in [5, 5.41) is 0. The molecular formula is C18H28O4. The molecule has 1 aliphatic carbocycles. The summed E-state index contributed by atoms with van der Waals surface area (Å²) in [6.45, 7) is 4.18. The number of hydrogen-bond acceptors (Lipinski definition) is 4. The smallest absolute Gasteiger partial charge is 0.334 e. The first-order chi connectivity index (χ1) is 10.5. The fraction of sp³-hybridized carbons (Fsp3) is 0.667. The fourth-order valence-corrected chi connectivity index (χ4v) is 2.97. The molecule has 1 atom stereocenters. The molecule has 1 aliphatic rings. The fourth-order valence-electron chi connectivity index (χ4n) is 2.97. The van der Waals surface area contributed by atoms with Crippen molar-refractivity contribution in [2.45, 2.75) is 58.8 Å². The molecule has 0 saturated heterocycles. The molecule has 1 unspecified atom stereocenters. The van der Waals surface area contributed by atoms with Crippen LogP contribution in [0.5, 0.6) is 0 Å².